The summed E-state index contributed by atoms with van der Waals surface area (Å²) >= 11 is 0. The second kappa shape index (κ2) is 6.39. The quantitative estimate of drug-likeness (QED) is 0.504. The van der Waals surface area contributed by atoms with Crippen molar-refractivity contribution < 1.29 is 4.79 Å². The largest absolute Gasteiger partial charge is 0.294 e. The first-order valence-electron chi connectivity index (χ1n) is 5.70. The van der Waals surface area contributed by atoms with E-state index in [1.165, 1.54) is 12.8 Å². The molecule has 0 unspecified atom stereocenters. The molecule has 0 saturated carbocycles. The number of rotatable bonds is 6. The van der Waals surface area contributed by atoms with Gasteiger partial charge in [-0.15, -0.1) is 0 Å². The molecule has 1 radical (unpaired) electrons. The summed E-state index contributed by atoms with van der Waals surface area (Å²) in [4.78, 5) is 11.8. The van der Waals surface area contributed by atoms with Gasteiger partial charge >= 0.3 is 0 Å². The van der Waals surface area contributed by atoms with Gasteiger partial charge in [0.1, 0.15) is 0 Å². The molecule has 0 aliphatic rings. The molecule has 0 amide bonds. The monoisotopic (exact) mass is 203 g/mol. The highest BCUT2D eigenvalue weighted by Crippen LogP contribution is 2.12. The van der Waals surface area contributed by atoms with Crippen LogP contribution >= 0.6 is 0 Å². The Morgan fingerprint density at radius 3 is 2.60 bits per heavy atom. The van der Waals surface area contributed by atoms with E-state index in [4.69, 9.17) is 0 Å². The molecule has 0 bridgehead atoms. The van der Waals surface area contributed by atoms with Gasteiger partial charge in [-0.05, 0) is 18.9 Å². The molecule has 1 aromatic carbocycles. The molecule has 15 heavy (non-hydrogen) atoms. The number of carbonyl (C=O) groups is 1. The van der Waals surface area contributed by atoms with Crippen LogP contribution < -0.4 is 0 Å². The van der Waals surface area contributed by atoms with E-state index in [9.17, 15) is 4.79 Å². The van der Waals surface area contributed by atoms with Crippen LogP contribution in [0.3, 0.4) is 0 Å². The predicted octanol–water partition coefficient (Wildman–Crippen LogP) is 4.02. The Bertz CT molecular complexity index is 315. The lowest BCUT2D eigenvalue weighted by Gasteiger charge is -2.03. The summed E-state index contributed by atoms with van der Waals surface area (Å²) in [5.74, 6) is 0.233. The Kier molecular flexibility index (Phi) is 5.09. The van der Waals surface area contributed by atoms with Crippen LogP contribution in [0.5, 0.6) is 0 Å². The minimum atomic E-state index is 0.233. The maximum atomic E-state index is 11.8. The van der Waals surface area contributed by atoms with Crippen LogP contribution in [0, 0.1) is 6.92 Å². The Morgan fingerprint density at radius 2 is 1.93 bits per heavy atom. The van der Waals surface area contributed by atoms with Gasteiger partial charge in [0, 0.05) is 12.0 Å². The van der Waals surface area contributed by atoms with Crippen molar-refractivity contribution in [3.05, 3.63) is 42.3 Å². The highest BCUT2D eigenvalue weighted by atomic mass is 16.1. The zero-order valence-corrected chi connectivity index (χ0v) is 9.46. The van der Waals surface area contributed by atoms with Gasteiger partial charge in [0.15, 0.2) is 5.78 Å². The topological polar surface area (TPSA) is 17.1 Å². The number of ketones is 1. The van der Waals surface area contributed by atoms with Crippen molar-refractivity contribution in [2.75, 3.05) is 0 Å². The highest BCUT2D eigenvalue weighted by molar-refractivity contribution is 5.97. The Labute approximate surface area is 92.5 Å². The normalized spacial score (nSPS) is 10.3. The number of Topliss-reactive ketones (excluding diaryl/α,β-unsaturated/α-hetero) is 1. The predicted molar refractivity (Wildman–Crippen MR) is 64.0 cm³/mol. The Hall–Kier alpha value is -1.11. The van der Waals surface area contributed by atoms with Crippen molar-refractivity contribution in [2.45, 2.75) is 39.0 Å². The molecule has 0 N–H and O–H groups in total. The van der Waals surface area contributed by atoms with E-state index in [0.717, 1.165) is 24.0 Å². The van der Waals surface area contributed by atoms with Gasteiger partial charge in [-0.2, -0.15) is 0 Å². The lowest BCUT2D eigenvalue weighted by Crippen LogP contribution is -2.01. The van der Waals surface area contributed by atoms with Crippen molar-refractivity contribution in [3.63, 3.8) is 0 Å². The number of unbranched alkanes of at least 4 members (excludes halogenated alkanes) is 3. The fourth-order valence-corrected chi connectivity index (χ4v) is 1.64. The summed E-state index contributed by atoms with van der Waals surface area (Å²) in [7, 11) is 0. The molecule has 0 aliphatic heterocycles. The lowest BCUT2D eigenvalue weighted by atomic mass is 10.0. The van der Waals surface area contributed by atoms with Crippen molar-refractivity contribution >= 4 is 5.78 Å². The second-order valence-electron chi connectivity index (χ2n) is 3.89. The minimum absolute atomic E-state index is 0.233. The number of hydrogen-bond donors (Lipinski definition) is 0. The molecule has 0 spiro atoms. The highest BCUT2D eigenvalue weighted by Gasteiger charge is 2.07. The summed E-state index contributed by atoms with van der Waals surface area (Å²) in [6.07, 6.45) is 5.24. The van der Waals surface area contributed by atoms with E-state index in [-0.39, 0.29) is 5.78 Å². The molecule has 0 aliphatic carbocycles. The van der Waals surface area contributed by atoms with Gasteiger partial charge in [-0.3, -0.25) is 4.79 Å². The van der Waals surface area contributed by atoms with E-state index in [2.05, 4.69) is 13.8 Å². The first-order valence-corrected chi connectivity index (χ1v) is 5.70. The van der Waals surface area contributed by atoms with Crippen molar-refractivity contribution in [2.24, 2.45) is 0 Å². The molecule has 0 fully saturated rings. The zero-order chi connectivity index (χ0) is 11.1. The third-order valence-electron chi connectivity index (χ3n) is 2.58. The molecular weight excluding hydrogens is 184 g/mol. The van der Waals surface area contributed by atoms with E-state index in [0.29, 0.717) is 6.42 Å². The summed E-state index contributed by atoms with van der Waals surface area (Å²) in [5, 5.41) is 0. The second-order valence-corrected chi connectivity index (χ2v) is 3.89. The average Bonchev–Trinajstić information content (AvgIpc) is 2.25. The van der Waals surface area contributed by atoms with Crippen LogP contribution in [0.1, 0.15) is 54.9 Å². The van der Waals surface area contributed by atoms with E-state index in [1.54, 1.807) is 0 Å². The van der Waals surface area contributed by atoms with Crippen LogP contribution in [0.25, 0.3) is 0 Å². The van der Waals surface area contributed by atoms with Crippen LogP contribution in [-0.4, -0.2) is 5.78 Å². The van der Waals surface area contributed by atoms with Gasteiger partial charge in [-0.1, -0.05) is 50.5 Å². The molecule has 1 aromatic rings. The molecule has 0 heterocycles. The third kappa shape index (κ3) is 3.86. The molecule has 0 saturated heterocycles. The third-order valence-corrected chi connectivity index (χ3v) is 2.58. The molecule has 1 heteroatoms. The minimum Gasteiger partial charge on any atom is -0.294 e. The van der Waals surface area contributed by atoms with Crippen LogP contribution in [-0.2, 0) is 0 Å². The Morgan fingerprint density at radius 1 is 1.20 bits per heavy atom. The average molecular weight is 203 g/mol. The maximum absolute atomic E-state index is 11.8. The first kappa shape index (κ1) is 12.0. The van der Waals surface area contributed by atoms with Crippen LogP contribution in [0.15, 0.2) is 24.3 Å². The molecular formula is C14H19O. The number of benzene rings is 1. The van der Waals surface area contributed by atoms with Crippen LogP contribution in [0.2, 0.25) is 0 Å². The molecule has 0 aromatic heterocycles. The summed E-state index contributed by atoms with van der Waals surface area (Å²) in [6, 6.07) is 7.56. The van der Waals surface area contributed by atoms with E-state index < -0.39 is 0 Å². The van der Waals surface area contributed by atoms with Crippen molar-refractivity contribution in [1.29, 1.82) is 0 Å². The first-order chi connectivity index (χ1) is 7.25. The van der Waals surface area contributed by atoms with Gasteiger partial charge in [0.25, 0.3) is 0 Å². The van der Waals surface area contributed by atoms with E-state index >= 15 is 0 Å². The number of hydrogen-bond acceptors (Lipinski definition) is 1. The maximum Gasteiger partial charge on any atom is 0.163 e. The molecule has 0 atom stereocenters. The van der Waals surface area contributed by atoms with Gasteiger partial charge < -0.3 is 0 Å². The smallest absolute Gasteiger partial charge is 0.163 e. The van der Waals surface area contributed by atoms with Crippen molar-refractivity contribution in [1.82, 2.24) is 0 Å². The van der Waals surface area contributed by atoms with Crippen LogP contribution in [0.4, 0.5) is 0 Å². The van der Waals surface area contributed by atoms with Gasteiger partial charge in [0.2, 0.25) is 0 Å². The zero-order valence-electron chi connectivity index (χ0n) is 9.46. The molecule has 1 rings (SSSR count). The van der Waals surface area contributed by atoms with Crippen molar-refractivity contribution in [3.8, 4) is 0 Å². The lowest BCUT2D eigenvalue weighted by molar-refractivity contribution is 0.0979. The SMILES string of the molecule is [CH2]c1ccccc1C(=O)CCCCCC. The summed E-state index contributed by atoms with van der Waals surface area (Å²) in [5.41, 5.74) is 1.63. The standard InChI is InChI=1S/C14H19O/c1-3-4-5-6-11-14(15)13-10-8-7-9-12(13)2/h7-10H,2-6,11H2,1H3. The fourth-order valence-electron chi connectivity index (χ4n) is 1.64. The van der Waals surface area contributed by atoms with Gasteiger partial charge in [-0.25, -0.2) is 0 Å². The van der Waals surface area contributed by atoms with E-state index in [1.807, 2.05) is 24.3 Å². The fraction of sp³-hybridized carbons (Fsp3) is 0.429. The number of carbonyl (C=O) groups excluding carboxylic acids is 1. The Balaban J connectivity index is 2.44. The summed E-state index contributed by atoms with van der Waals surface area (Å²) < 4.78 is 0. The van der Waals surface area contributed by atoms with Gasteiger partial charge in [0.05, 0.1) is 0 Å². The molecule has 1 nitrogen and oxygen atoms in total. The summed E-state index contributed by atoms with van der Waals surface area (Å²) in [6.45, 7) is 6.04. The molecule has 81 valence electrons.